The van der Waals surface area contributed by atoms with E-state index in [0.717, 1.165) is 23.2 Å². The summed E-state index contributed by atoms with van der Waals surface area (Å²) >= 11 is 0. The summed E-state index contributed by atoms with van der Waals surface area (Å²) in [5.74, 6) is 0.281. The lowest BCUT2D eigenvalue weighted by Gasteiger charge is -2.40. The lowest BCUT2D eigenvalue weighted by molar-refractivity contribution is -0.118. The first-order valence-electron chi connectivity index (χ1n) is 10.0. The zero-order chi connectivity index (χ0) is 19.5. The first kappa shape index (κ1) is 17.2. The molecule has 0 fully saturated rings. The molecule has 28 heavy (non-hydrogen) atoms. The van der Waals surface area contributed by atoms with Gasteiger partial charge >= 0.3 is 0 Å². The van der Waals surface area contributed by atoms with Crippen molar-refractivity contribution in [1.82, 2.24) is 0 Å². The highest BCUT2D eigenvalue weighted by molar-refractivity contribution is 6.12. The van der Waals surface area contributed by atoms with Gasteiger partial charge in [-0.05, 0) is 35.3 Å². The maximum Gasteiger partial charge on any atom is 0.162 e. The zero-order valence-electron chi connectivity index (χ0n) is 16.7. The van der Waals surface area contributed by atoms with Gasteiger partial charge in [-0.3, -0.25) is 4.79 Å². The molecule has 0 bridgehead atoms. The maximum atomic E-state index is 13.3. The lowest BCUT2D eigenvalue weighted by Crippen LogP contribution is -2.33. The van der Waals surface area contributed by atoms with Gasteiger partial charge in [0.15, 0.2) is 5.78 Å². The van der Waals surface area contributed by atoms with E-state index < -0.39 is 0 Å². The van der Waals surface area contributed by atoms with Gasteiger partial charge in [-0.2, -0.15) is 0 Å². The highest BCUT2D eigenvalue weighted by Crippen LogP contribution is 2.51. The second kappa shape index (κ2) is 6.07. The third-order valence-electron chi connectivity index (χ3n) is 6.16. The predicted molar refractivity (Wildman–Crippen MR) is 116 cm³/mol. The van der Waals surface area contributed by atoms with Crippen LogP contribution in [0.15, 0.2) is 66.2 Å². The van der Waals surface area contributed by atoms with Crippen LogP contribution in [0, 0.1) is 12.3 Å². The number of rotatable bonds is 1. The summed E-state index contributed by atoms with van der Waals surface area (Å²) in [4.78, 5) is 13.3. The summed E-state index contributed by atoms with van der Waals surface area (Å²) in [6.07, 6.45) is 1.54. The second-order valence-corrected chi connectivity index (χ2v) is 9.03. The van der Waals surface area contributed by atoms with Crippen LogP contribution in [0.1, 0.15) is 49.4 Å². The molecule has 3 aromatic carbocycles. The number of fused-ring (bicyclic) bond motifs is 4. The molecule has 0 radical (unpaired) electrons. The Hall–Kier alpha value is -2.87. The number of nitrogens with one attached hydrogen (secondary N) is 1. The van der Waals surface area contributed by atoms with Crippen molar-refractivity contribution in [2.24, 2.45) is 5.41 Å². The largest absolute Gasteiger partial charge is 0.373 e. The van der Waals surface area contributed by atoms with Crippen LogP contribution in [0.3, 0.4) is 0 Å². The number of Topliss-reactive ketones (excluding diaryl/α,β-unsaturated/α-hetero) is 1. The molecule has 0 spiro atoms. The van der Waals surface area contributed by atoms with Gasteiger partial charge in [0.25, 0.3) is 0 Å². The third kappa shape index (κ3) is 2.67. The van der Waals surface area contributed by atoms with Gasteiger partial charge < -0.3 is 5.32 Å². The number of ketones is 1. The molecule has 5 rings (SSSR count). The topological polar surface area (TPSA) is 29.1 Å². The van der Waals surface area contributed by atoms with Crippen LogP contribution < -0.4 is 5.32 Å². The smallest absolute Gasteiger partial charge is 0.162 e. The van der Waals surface area contributed by atoms with E-state index in [1.165, 1.54) is 27.5 Å². The minimum atomic E-state index is -0.0856. The molecule has 0 saturated carbocycles. The molecule has 0 amide bonds. The Morgan fingerprint density at radius 2 is 1.68 bits per heavy atom. The average Bonchev–Trinajstić information content (AvgIpc) is 2.66. The Labute approximate surface area is 166 Å². The maximum absolute atomic E-state index is 13.3. The minimum Gasteiger partial charge on any atom is -0.373 e. The molecule has 2 aliphatic rings. The Morgan fingerprint density at radius 1 is 0.929 bits per heavy atom. The van der Waals surface area contributed by atoms with Gasteiger partial charge in [0.05, 0.1) is 11.7 Å². The van der Waals surface area contributed by atoms with E-state index in [1.54, 1.807) is 0 Å². The fourth-order valence-corrected chi connectivity index (χ4v) is 4.81. The minimum absolute atomic E-state index is 0.00595. The number of anilines is 1. The summed E-state index contributed by atoms with van der Waals surface area (Å²) in [5.41, 5.74) is 6.93. The first-order valence-corrected chi connectivity index (χ1v) is 10.0. The number of aryl methyl sites for hydroxylation is 1. The third-order valence-corrected chi connectivity index (χ3v) is 6.16. The normalized spacial score (nSPS) is 20.5. The Kier molecular flexibility index (Phi) is 3.74. The van der Waals surface area contributed by atoms with Crippen LogP contribution >= 0.6 is 0 Å². The molecular formula is C26H25NO. The SMILES string of the molecule is Cc1ccc([C@H]2Nc3c(ccc4ccccc34)C3=C2C(=O)CC(C)(C)C3)cc1. The molecule has 0 unspecified atom stereocenters. The number of carbonyl (C=O) groups is 1. The van der Waals surface area contributed by atoms with Crippen LogP contribution in [0.5, 0.6) is 0 Å². The van der Waals surface area contributed by atoms with E-state index in [9.17, 15) is 4.79 Å². The average molecular weight is 367 g/mol. The van der Waals surface area contributed by atoms with Crippen LogP contribution in [0.25, 0.3) is 16.3 Å². The fraction of sp³-hybridized carbons (Fsp3) is 0.269. The van der Waals surface area contributed by atoms with Gasteiger partial charge in [0, 0.05) is 22.9 Å². The molecule has 3 aromatic rings. The summed E-state index contributed by atoms with van der Waals surface area (Å²) in [6.45, 7) is 6.51. The first-order chi connectivity index (χ1) is 13.4. The Morgan fingerprint density at radius 3 is 2.46 bits per heavy atom. The van der Waals surface area contributed by atoms with E-state index in [1.807, 2.05) is 0 Å². The molecule has 1 atom stereocenters. The number of hydrogen-bond acceptors (Lipinski definition) is 2. The van der Waals surface area contributed by atoms with Crippen molar-refractivity contribution in [2.45, 2.75) is 39.7 Å². The van der Waals surface area contributed by atoms with Crippen LogP contribution in [-0.2, 0) is 4.79 Å². The van der Waals surface area contributed by atoms with Crippen LogP contribution in [0.4, 0.5) is 5.69 Å². The summed E-state index contributed by atoms with van der Waals surface area (Å²) in [5, 5.41) is 6.20. The highest BCUT2D eigenvalue weighted by Gasteiger charge is 2.40. The van der Waals surface area contributed by atoms with Gasteiger partial charge in [0.2, 0.25) is 0 Å². The highest BCUT2D eigenvalue weighted by atomic mass is 16.1. The predicted octanol–water partition coefficient (Wildman–Crippen LogP) is 6.46. The molecule has 0 aromatic heterocycles. The molecular weight excluding hydrogens is 342 g/mol. The molecule has 0 saturated heterocycles. The molecule has 1 heterocycles. The number of hydrogen-bond donors (Lipinski definition) is 1. The van der Waals surface area contributed by atoms with Crippen molar-refractivity contribution in [3.63, 3.8) is 0 Å². The second-order valence-electron chi connectivity index (χ2n) is 9.03. The molecule has 2 nitrogen and oxygen atoms in total. The summed E-state index contributed by atoms with van der Waals surface area (Å²) < 4.78 is 0. The van der Waals surface area contributed by atoms with Gasteiger partial charge in [-0.15, -0.1) is 0 Å². The molecule has 140 valence electrons. The van der Waals surface area contributed by atoms with E-state index in [-0.39, 0.29) is 17.2 Å². The summed E-state index contributed by atoms with van der Waals surface area (Å²) in [6, 6.07) is 21.4. The van der Waals surface area contributed by atoms with Crippen LogP contribution in [-0.4, -0.2) is 5.78 Å². The number of benzene rings is 3. The Balaban J connectivity index is 1.79. The standard InChI is InChI=1S/C26H25NO/c1-16-8-10-18(11-9-16)24-23-21(14-26(2,3)15-22(23)28)20-13-12-17-6-4-5-7-19(17)25(20)27-24/h4-13,24,27H,14-15H2,1-3H3/t24-/m1/s1. The van der Waals surface area contributed by atoms with Gasteiger partial charge in [-0.1, -0.05) is 80.1 Å². The van der Waals surface area contributed by atoms with E-state index in [2.05, 4.69) is 86.8 Å². The lowest BCUT2D eigenvalue weighted by atomic mass is 9.68. The number of allylic oxidation sites excluding steroid dienone is 1. The molecule has 1 aliphatic carbocycles. The quantitative estimate of drug-likeness (QED) is 0.535. The van der Waals surface area contributed by atoms with Crippen molar-refractivity contribution in [2.75, 3.05) is 5.32 Å². The van der Waals surface area contributed by atoms with E-state index in [4.69, 9.17) is 0 Å². The summed E-state index contributed by atoms with van der Waals surface area (Å²) in [7, 11) is 0. The van der Waals surface area contributed by atoms with Crippen molar-refractivity contribution in [1.29, 1.82) is 0 Å². The molecule has 2 heteroatoms. The van der Waals surface area contributed by atoms with Crippen molar-refractivity contribution < 1.29 is 4.79 Å². The fourth-order valence-electron chi connectivity index (χ4n) is 4.81. The van der Waals surface area contributed by atoms with Crippen LogP contribution in [0.2, 0.25) is 0 Å². The van der Waals surface area contributed by atoms with Gasteiger partial charge in [-0.25, -0.2) is 0 Å². The molecule has 1 aliphatic heterocycles. The van der Waals surface area contributed by atoms with Gasteiger partial charge in [0.1, 0.15) is 0 Å². The van der Waals surface area contributed by atoms with Crippen molar-refractivity contribution in [3.05, 3.63) is 82.9 Å². The zero-order valence-corrected chi connectivity index (χ0v) is 16.7. The monoisotopic (exact) mass is 367 g/mol. The van der Waals surface area contributed by atoms with E-state index in [0.29, 0.717) is 6.42 Å². The Bertz CT molecular complexity index is 1130. The van der Waals surface area contributed by atoms with Crippen molar-refractivity contribution in [3.8, 4) is 0 Å². The van der Waals surface area contributed by atoms with Crippen molar-refractivity contribution >= 4 is 27.8 Å². The van der Waals surface area contributed by atoms with E-state index >= 15 is 0 Å². The number of carbonyl (C=O) groups excluding carboxylic acids is 1. The molecule has 1 N–H and O–H groups in total.